The van der Waals surface area contributed by atoms with Gasteiger partial charge in [0.1, 0.15) is 6.04 Å². The molecule has 0 aromatic rings. The molecule has 2 bridgehead atoms. The zero-order valence-electron chi connectivity index (χ0n) is 11.8. The molecular formula is C11H17N3O7S. The number of fused-ring (bicyclic) bond motifs is 2. The fourth-order valence-corrected chi connectivity index (χ4v) is 3.41. The van der Waals surface area contributed by atoms with Crippen molar-refractivity contribution in [1.29, 1.82) is 0 Å². The van der Waals surface area contributed by atoms with Gasteiger partial charge in [0.15, 0.2) is 0 Å². The van der Waals surface area contributed by atoms with E-state index in [1.807, 2.05) is 0 Å². The fourth-order valence-electron chi connectivity index (χ4n) is 3.03. The molecule has 0 aliphatic carbocycles. The van der Waals surface area contributed by atoms with Crippen LogP contribution >= 0.6 is 0 Å². The Morgan fingerprint density at radius 2 is 2.09 bits per heavy atom. The number of urea groups is 1. The Balaban J connectivity index is 1.72. The zero-order valence-corrected chi connectivity index (χ0v) is 12.6. The molecule has 3 aliphatic rings. The highest BCUT2D eigenvalue weighted by Crippen LogP contribution is 2.31. The molecule has 3 fully saturated rings. The number of amides is 3. The Morgan fingerprint density at radius 3 is 2.73 bits per heavy atom. The lowest BCUT2D eigenvalue weighted by Gasteiger charge is -2.34. The van der Waals surface area contributed by atoms with Crippen molar-refractivity contribution in [2.45, 2.75) is 37.8 Å². The van der Waals surface area contributed by atoms with Gasteiger partial charge in [0.25, 0.3) is 5.91 Å². The summed E-state index contributed by atoms with van der Waals surface area (Å²) in [4.78, 5) is 31.2. The molecule has 124 valence electrons. The van der Waals surface area contributed by atoms with Gasteiger partial charge in [-0.05, 0) is 25.7 Å². The fraction of sp³-hybridized carbons (Fsp3) is 0.818. The number of carbonyl (C=O) groups excluding carboxylic acids is 2. The van der Waals surface area contributed by atoms with E-state index in [4.69, 9.17) is 9.39 Å². The molecule has 1 N–H and O–H groups in total. The van der Waals surface area contributed by atoms with Crippen LogP contribution in [-0.2, 0) is 24.3 Å². The topological polar surface area (TPSA) is 117 Å². The summed E-state index contributed by atoms with van der Waals surface area (Å²) in [7, 11) is -4.78. The van der Waals surface area contributed by atoms with Crippen LogP contribution in [0.25, 0.3) is 0 Å². The lowest BCUT2D eigenvalue weighted by Crippen LogP contribution is -2.52. The second-order valence-corrected chi connectivity index (χ2v) is 6.50. The van der Waals surface area contributed by atoms with Crippen molar-refractivity contribution in [3.63, 3.8) is 0 Å². The number of carbonyl (C=O) groups is 2. The highest BCUT2D eigenvalue weighted by Gasteiger charge is 2.50. The Kier molecular flexibility index (Phi) is 3.97. The number of piperidine rings is 1. The maximum atomic E-state index is 12.5. The summed E-state index contributed by atoms with van der Waals surface area (Å²) in [5.41, 5.74) is 0. The van der Waals surface area contributed by atoms with Gasteiger partial charge in [0.2, 0.25) is 0 Å². The minimum atomic E-state index is -4.78. The van der Waals surface area contributed by atoms with E-state index in [-0.39, 0.29) is 12.5 Å². The summed E-state index contributed by atoms with van der Waals surface area (Å²) in [6.07, 6.45) is 2.52. The third-order valence-electron chi connectivity index (χ3n) is 4.03. The maximum Gasteiger partial charge on any atom is 0.418 e. The smallest absolute Gasteiger partial charge is 0.309 e. The van der Waals surface area contributed by atoms with Crippen molar-refractivity contribution in [1.82, 2.24) is 15.0 Å². The molecule has 0 aromatic heterocycles. The summed E-state index contributed by atoms with van der Waals surface area (Å²) in [5, 5.41) is 1.90. The molecule has 0 radical (unpaired) electrons. The van der Waals surface area contributed by atoms with E-state index in [9.17, 15) is 18.0 Å². The van der Waals surface area contributed by atoms with Gasteiger partial charge in [-0.25, -0.2) is 9.86 Å². The number of rotatable bonds is 3. The van der Waals surface area contributed by atoms with Crippen LogP contribution in [0.1, 0.15) is 25.7 Å². The van der Waals surface area contributed by atoms with Gasteiger partial charge < -0.3 is 4.90 Å². The van der Waals surface area contributed by atoms with E-state index in [1.165, 1.54) is 9.96 Å². The summed E-state index contributed by atoms with van der Waals surface area (Å²) in [5.74, 6) is -0.305. The zero-order chi connectivity index (χ0) is 15.9. The molecule has 10 nitrogen and oxygen atoms in total. The second kappa shape index (κ2) is 5.65. The van der Waals surface area contributed by atoms with Crippen molar-refractivity contribution in [3.8, 4) is 0 Å². The molecule has 3 saturated heterocycles. The first-order valence-corrected chi connectivity index (χ1v) is 8.44. The van der Waals surface area contributed by atoms with Gasteiger partial charge in [-0.3, -0.25) is 14.2 Å². The van der Waals surface area contributed by atoms with Gasteiger partial charge in [0, 0.05) is 13.1 Å². The summed E-state index contributed by atoms with van der Waals surface area (Å²) >= 11 is 0. The molecule has 3 amide bonds. The molecule has 0 unspecified atom stereocenters. The van der Waals surface area contributed by atoms with Crippen LogP contribution in [0.3, 0.4) is 0 Å². The molecule has 3 aliphatic heterocycles. The van der Waals surface area contributed by atoms with Crippen LogP contribution in [0.2, 0.25) is 0 Å². The van der Waals surface area contributed by atoms with Gasteiger partial charge in [-0.15, -0.1) is 4.28 Å². The molecule has 3 rings (SSSR count). The molecule has 0 spiro atoms. The Bertz CT molecular complexity index is 574. The molecule has 22 heavy (non-hydrogen) atoms. The highest BCUT2D eigenvalue weighted by molar-refractivity contribution is 7.80. The molecule has 3 heterocycles. The van der Waals surface area contributed by atoms with Crippen molar-refractivity contribution >= 4 is 22.3 Å². The highest BCUT2D eigenvalue weighted by atomic mass is 32.3. The SMILES string of the molecule is O=C([C@@H]1CC[C@@H]2CN1C(=O)N2OS(=O)(=O)O)N1CCCCO1. The van der Waals surface area contributed by atoms with Crippen LogP contribution in [0.15, 0.2) is 0 Å². The molecule has 0 saturated carbocycles. The van der Waals surface area contributed by atoms with Crippen LogP contribution in [0.4, 0.5) is 4.79 Å². The summed E-state index contributed by atoms with van der Waals surface area (Å²) in [6, 6.07) is -1.94. The molecule has 0 aromatic carbocycles. The quantitative estimate of drug-likeness (QED) is 0.694. The monoisotopic (exact) mass is 335 g/mol. The van der Waals surface area contributed by atoms with E-state index in [2.05, 4.69) is 4.28 Å². The molecule has 2 atom stereocenters. The summed E-state index contributed by atoms with van der Waals surface area (Å²) < 4.78 is 34.7. The van der Waals surface area contributed by atoms with Gasteiger partial charge in [-0.2, -0.15) is 13.5 Å². The van der Waals surface area contributed by atoms with Crippen molar-refractivity contribution in [2.24, 2.45) is 0 Å². The number of nitrogens with zero attached hydrogens (tertiary/aromatic N) is 3. The van der Waals surface area contributed by atoms with Crippen LogP contribution in [0.5, 0.6) is 0 Å². The number of hydrogen-bond donors (Lipinski definition) is 1. The lowest BCUT2D eigenvalue weighted by atomic mass is 10.00. The molecular weight excluding hydrogens is 318 g/mol. The minimum absolute atomic E-state index is 0.179. The van der Waals surface area contributed by atoms with Crippen molar-refractivity contribution in [2.75, 3.05) is 19.7 Å². The summed E-state index contributed by atoms with van der Waals surface area (Å²) in [6.45, 7) is 1.12. The Labute approximate surface area is 127 Å². The standard InChI is InChI=1S/C11H17N3O7S/c15-10(13-5-1-2-6-20-13)9-4-3-8-7-12(9)11(16)14(8)21-22(17,18)19/h8-9H,1-7H2,(H,17,18,19)/t8-,9+/m1/s1. The number of hydrogen-bond acceptors (Lipinski definition) is 6. The van der Waals surface area contributed by atoms with Crippen molar-refractivity contribution in [3.05, 3.63) is 0 Å². The lowest BCUT2D eigenvalue weighted by molar-refractivity contribution is -0.201. The van der Waals surface area contributed by atoms with E-state index in [1.54, 1.807) is 0 Å². The second-order valence-electron chi connectivity index (χ2n) is 5.49. The minimum Gasteiger partial charge on any atom is -0.309 e. The Morgan fingerprint density at radius 1 is 1.32 bits per heavy atom. The first kappa shape index (κ1) is 15.5. The maximum absolute atomic E-state index is 12.5. The van der Waals surface area contributed by atoms with Crippen molar-refractivity contribution < 1.29 is 31.7 Å². The number of hydroxylamine groups is 4. The van der Waals surface area contributed by atoms with Gasteiger partial charge >= 0.3 is 16.4 Å². The Hall–Kier alpha value is -1.43. The third kappa shape index (κ3) is 2.89. The molecule has 11 heteroatoms. The van der Waals surface area contributed by atoms with Crippen LogP contribution in [-0.4, -0.2) is 71.7 Å². The van der Waals surface area contributed by atoms with Gasteiger partial charge in [-0.1, -0.05) is 0 Å². The van der Waals surface area contributed by atoms with Gasteiger partial charge in [0.05, 0.1) is 12.6 Å². The predicted octanol–water partition coefficient (Wildman–Crippen LogP) is -0.457. The normalized spacial score (nSPS) is 29.1. The first-order chi connectivity index (χ1) is 10.4. The first-order valence-electron chi connectivity index (χ1n) is 7.08. The third-order valence-corrected chi connectivity index (χ3v) is 4.38. The van der Waals surface area contributed by atoms with E-state index in [0.29, 0.717) is 31.1 Å². The van der Waals surface area contributed by atoms with E-state index < -0.39 is 28.5 Å². The van der Waals surface area contributed by atoms with Crippen LogP contribution in [0, 0.1) is 0 Å². The van der Waals surface area contributed by atoms with E-state index >= 15 is 0 Å². The van der Waals surface area contributed by atoms with E-state index in [0.717, 1.165) is 12.8 Å². The predicted molar refractivity (Wildman–Crippen MR) is 70.3 cm³/mol. The average molecular weight is 335 g/mol. The average Bonchev–Trinajstić information content (AvgIpc) is 2.71. The largest absolute Gasteiger partial charge is 0.418 e. The van der Waals surface area contributed by atoms with Crippen LogP contribution < -0.4 is 0 Å².